The van der Waals surface area contributed by atoms with E-state index in [0.29, 0.717) is 0 Å². The van der Waals surface area contributed by atoms with Crippen molar-refractivity contribution in [3.63, 3.8) is 0 Å². The molecule has 35 heavy (non-hydrogen) atoms. The number of rotatable bonds is 10. The number of aliphatic hydroxyl groups is 1. The second-order valence-electron chi connectivity index (χ2n) is 9.89. The lowest BCUT2D eigenvalue weighted by Gasteiger charge is -2.29. The van der Waals surface area contributed by atoms with Crippen molar-refractivity contribution in [1.82, 2.24) is 5.32 Å². The summed E-state index contributed by atoms with van der Waals surface area (Å²) >= 11 is 0. The zero-order valence-corrected chi connectivity index (χ0v) is 20.8. The van der Waals surface area contributed by atoms with Crippen LogP contribution in [0.1, 0.15) is 76.5 Å². The van der Waals surface area contributed by atoms with Crippen LogP contribution in [0.4, 0.5) is 0 Å². The first kappa shape index (κ1) is 26.9. The topological polar surface area (TPSA) is 94.1 Å². The lowest BCUT2D eigenvalue weighted by molar-refractivity contribution is -0.192. The van der Waals surface area contributed by atoms with Gasteiger partial charge in [0.05, 0.1) is 12.0 Å². The number of carbonyl (C=O) groups excluding carboxylic acids is 2. The Morgan fingerprint density at radius 2 is 1.49 bits per heavy atom. The van der Waals surface area contributed by atoms with Gasteiger partial charge in [-0.25, -0.2) is 0 Å². The van der Waals surface area contributed by atoms with E-state index in [-0.39, 0.29) is 12.5 Å². The first-order valence-corrected chi connectivity index (χ1v) is 12.3. The molecule has 7 heteroatoms. The molecule has 1 unspecified atom stereocenters. The fraction of sp³-hybridized carbons (Fsp3) is 0.500. The predicted molar refractivity (Wildman–Crippen MR) is 132 cm³/mol. The Morgan fingerprint density at radius 1 is 0.943 bits per heavy atom. The second-order valence-corrected chi connectivity index (χ2v) is 9.89. The van der Waals surface area contributed by atoms with Crippen LogP contribution in [0.25, 0.3) is 0 Å². The van der Waals surface area contributed by atoms with Gasteiger partial charge in [-0.3, -0.25) is 14.9 Å². The second kappa shape index (κ2) is 12.8. The summed E-state index contributed by atoms with van der Waals surface area (Å²) in [7, 11) is 0. The van der Waals surface area contributed by atoms with Crippen LogP contribution in [0.15, 0.2) is 60.7 Å². The first-order chi connectivity index (χ1) is 16.7. The first-order valence-electron chi connectivity index (χ1n) is 12.3. The van der Waals surface area contributed by atoms with Crippen molar-refractivity contribution in [2.75, 3.05) is 0 Å². The van der Waals surface area contributed by atoms with Crippen LogP contribution in [0.3, 0.4) is 0 Å². The minimum atomic E-state index is -1.47. The van der Waals surface area contributed by atoms with E-state index < -0.39 is 36.1 Å². The summed E-state index contributed by atoms with van der Waals surface area (Å²) in [5, 5.41) is 13.1. The van der Waals surface area contributed by atoms with E-state index in [9.17, 15) is 14.7 Å². The highest BCUT2D eigenvalue weighted by molar-refractivity contribution is 5.83. The van der Waals surface area contributed by atoms with E-state index in [0.717, 1.165) is 43.2 Å². The Balaban J connectivity index is 1.77. The molecule has 0 aromatic heterocycles. The molecule has 0 saturated heterocycles. The maximum absolute atomic E-state index is 13.4. The van der Waals surface area contributed by atoms with E-state index >= 15 is 0 Å². The number of hydrogen-bond acceptors (Lipinski definition) is 7. The van der Waals surface area contributed by atoms with Gasteiger partial charge in [0.2, 0.25) is 6.41 Å². The number of aliphatic hydroxyl groups excluding tert-OH is 1. The Labute approximate surface area is 207 Å². The maximum Gasteiger partial charge on any atom is 0.324 e. The van der Waals surface area contributed by atoms with Crippen LogP contribution in [-0.2, 0) is 23.8 Å². The minimum Gasteiger partial charge on any atom is -0.462 e. The van der Waals surface area contributed by atoms with E-state index in [4.69, 9.17) is 14.2 Å². The molecule has 0 heterocycles. The molecule has 0 bridgehead atoms. The fourth-order valence-electron chi connectivity index (χ4n) is 4.12. The Morgan fingerprint density at radius 3 is 2.00 bits per heavy atom. The van der Waals surface area contributed by atoms with E-state index in [2.05, 4.69) is 5.32 Å². The molecule has 1 saturated carbocycles. The van der Waals surface area contributed by atoms with Crippen LogP contribution in [0.2, 0.25) is 0 Å². The summed E-state index contributed by atoms with van der Waals surface area (Å²) in [5.41, 5.74) is 0.921. The standard InChI is InChI=1S/C28H37NO6/c1-28(2,3)35-27(32)29-23(19-24(30)33-22-17-11-6-12-18-22)26(31)34-25(20-13-7-4-8-14-20)21-15-9-5-10-16-21/h4-5,7-10,13-16,22-23,25,27,29,32H,6,11-12,17-19H2,1-3H3/t23-,27?/m0/s1. The van der Waals surface area contributed by atoms with Crippen molar-refractivity contribution in [2.45, 2.75) is 89.6 Å². The Hall–Kier alpha value is -2.74. The zero-order chi connectivity index (χ0) is 25.3. The summed E-state index contributed by atoms with van der Waals surface area (Å²) in [6.07, 6.45) is 2.28. The van der Waals surface area contributed by atoms with Crippen molar-refractivity contribution in [2.24, 2.45) is 0 Å². The molecule has 2 N–H and O–H groups in total. The highest BCUT2D eigenvalue weighted by atomic mass is 16.6. The number of carbonyl (C=O) groups is 2. The fourth-order valence-corrected chi connectivity index (χ4v) is 4.12. The monoisotopic (exact) mass is 483 g/mol. The molecular weight excluding hydrogens is 446 g/mol. The van der Waals surface area contributed by atoms with Gasteiger partial charge >= 0.3 is 11.9 Å². The van der Waals surface area contributed by atoms with Crippen molar-refractivity contribution < 1.29 is 28.9 Å². The van der Waals surface area contributed by atoms with Gasteiger partial charge in [-0.05, 0) is 57.6 Å². The van der Waals surface area contributed by atoms with Crippen LogP contribution in [0, 0.1) is 0 Å². The Bertz CT molecular complexity index is 882. The summed E-state index contributed by atoms with van der Waals surface area (Å²) in [6.45, 7) is 5.34. The molecule has 2 atom stereocenters. The van der Waals surface area contributed by atoms with E-state index in [1.807, 2.05) is 60.7 Å². The number of benzene rings is 2. The summed E-state index contributed by atoms with van der Waals surface area (Å²) in [4.78, 5) is 26.1. The lowest BCUT2D eigenvalue weighted by Crippen LogP contribution is -2.49. The van der Waals surface area contributed by atoms with Gasteiger partial charge in [0.25, 0.3) is 0 Å². The number of ether oxygens (including phenoxy) is 3. The largest absolute Gasteiger partial charge is 0.462 e. The van der Waals surface area contributed by atoms with Crippen molar-refractivity contribution in [1.29, 1.82) is 0 Å². The molecule has 1 aliphatic carbocycles. The molecule has 1 fully saturated rings. The molecule has 0 spiro atoms. The van der Waals surface area contributed by atoms with Crippen LogP contribution in [-0.4, -0.2) is 41.2 Å². The van der Waals surface area contributed by atoms with Gasteiger partial charge in [-0.1, -0.05) is 67.1 Å². The molecule has 0 radical (unpaired) electrons. The Kier molecular flexibility index (Phi) is 9.83. The third-order valence-electron chi connectivity index (χ3n) is 5.75. The smallest absolute Gasteiger partial charge is 0.324 e. The predicted octanol–water partition coefficient (Wildman–Crippen LogP) is 4.63. The van der Waals surface area contributed by atoms with Crippen LogP contribution >= 0.6 is 0 Å². The third-order valence-corrected chi connectivity index (χ3v) is 5.75. The molecular formula is C28H37NO6. The number of esters is 2. The zero-order valence-electron chi connectivity index (χ0n) is 20.8. The summed E-state index contributed by atoms with van der Waals surface area (Å²) in [6, 6.07) is 17.6. The molecule has 3 rings (SSSR count). The van der Waals surface area contributed by atoms with Crippen LogP contribution < -0.4 is 5.32 Å². The average Bonchev–Trinajstić information content (AvgIpc) is 2.82. The highest BCUT2D eigenvalue weighted by Crippen LogP contribution is 2.27. The van der Waals surface area contributed by atoms with Crippen molar-refractivity contribution in [3.8, 4) is 0 Å². The SMILES string of the molecule is CC(C)(C)OC(O)N[C@@H](CC(=O)OC1CCCCC1)C(=O)OC(c1ccccc1)c1ccccc1. The van der Waals surface area contributed by atoms with Gasteiger partial charge in [-0.15, -0.1) is 0 Å². The number of hydrogen-bond donors (Lipinski definition) is 2. The third kappa shape index (κ3) is 9.09. The molecule has 0 amide bonds. The molecule has 2 aromatic carbocycles. The highest BCUT2D eigenvalue weighted by Gasteiger charge is 2.32. The average molecular weight is 484 g/mol. The summed E-state index contributed by atoms with van der Waals surface area (Å²) < 4.78 is 17.1. The normalized spacial score (nSPS) is 16.5. The lowest BCUT2D eigenvalue weighted by atomic mass is 9.98. The van der Waals surface area contributed by atoms with Gasteiger partial charge < -0.3 is 19.3 Å². The number of nitrogens with one attached hydrogen (secondary N) is 1. The maximum atomic E-state index is 13.4. The van der Waals surface area contributed by atoms with Gasteiger partial charge in [-0.2, -0.15) is 0 Å². The summed E-state index contributed by atoms with van der Waals surface area (Å²) in [5.74, 6) is -1.19. The van der Waals surface area contributed by atoms with E-state index in [1.165, 1.54) is 0 Å². The van der Waals surface area contributed by atoms with E-state index in [1.54, 1.807) is 20.8 Å². The van der Waals surface area contributed by atoms with Gasteiger partial charge in [0, 0.05) is 0 Å². The molecule has 2 aromatic rings. The van der Waals surface area contributed by atoms with Crippen molar-refractivity contribution in [3.05, 3.63) is 71.8 Å². The van der Waals surface area contributed by atoms with Gasteiger partial charge in [0.15, 0.2) is 6.10 Å². The molecule has 190 valence electrons. The molecule has 1 aliphatic rings. The molecule has 7 nitrogen and oxygen atoms in total. The minimum absolute atomic E-state index is 0.134. The quantitative estimate of drug-likeness (QED) is 0.376. The molecule has 0 aliphatic heterocycles. The van der Waals surface area contributed by atoms with Gasteiger partial charge in [0.1, 0.15) is 12.1 Å². The van der Waals surface area contributed by atoms with Crippen LogP contribution in [0.5, 0.6) is 0 Å². The van der Waals surface area contributed by atoms with Crippen molar-refractivity contribution >= 4 is 11.9 Å².